The molecule has 0 saturated carbocycles. The molecule has 0 fully saturated rings. The van der Waals surface area contributed by atoms with E-state index in [0.29, 0.717) is 6.42 Å². The monoisotopic (exact) mass is 238 g/mol. The standard InChI is InChI=1S/C15H23FO/c1-11-5-6-13(16)9-12(11)10-14(17)7-8-15(2,3)4/h5-6,9,14,17H,7-8,10H2,1-4H3. The summed E-state index contributed by atoms with van der Waals surface area (Å²) < 4.78 is 13.1. The van der Waals surface area contributed by atoms with Gasteiger partial charge < -0.3 is 5.11 Å². The van der Waals surface area contributed by atoms with Crippen LogP contribution in [0.3, 0.4) is 0 Å². The molecule has 0 aliphatic carbocycles. The highest BCUT2D eigenvalue weighted by Gasteiger charge is 2.14. The molecule has 0 aromatic heterocycles. The normalized spacial score (nSPS) is 13.8. The van der Waals surface area contributed by atoms with Gasteiger partial charge >= 0.3 is 0 Å². The number of aliphatic hydroxyl groups excluding tert-OH is 1. The first kappa shape index (κ1) is 14.2. The zero-order chi connectivity index (χ0) is 13.1. The van der Waals surface area contributed by atoms with Crippen molar-refractivity contribution >= 4 is 0 Å². The van der Waals surface area contributed by atoms with Crippen LogP contribution in [0.15, 0.2) is 18.2 Å². The van der Waals surface area contributed by atoms with Crippen LogP contribution >= 0.6 is 0 Å². The Balaban J connectivity index is 2.56. The molecule has 1 aromatic rings. The van der Waals surface area contributed by atoms with Crippen LogP contribution in [-0.4, -0.2) is 11.2 Å². The quantitative estimate of drug-likeness (QED) is 0.844. The summed E-state index contributed by atoms with van der Waals surface area (Å²) in [5.41, 5.74) is 2.19. The minimum absolute atomic E-state index is 0.228. The molecule has 1 nitrogen and oxygen atoms in total. The molecule has 0 aliphatic rings. The molecular formula is C15H23FO. The Labute approximate surface area is 104 Å². The topological polar surface area (TPSA) is 20.2 Å². The van der Waals surface area contributed by atoms with Crippen molar-refractivity contribution in [2.24, 2.45) is 5.41 Å². The molecule has 0 saturated heterocycles. The number of rotatable bonds is 4. The van der Waals surface area contributed by atoms with Crippen LogP contribution in [0.1, 0.15) is 44.7 Å². The van der Waals surface area contributed by atoms with Crippen LogP contribution in [0.5, 0.6) is 0 Å². The van der Waals surface area contributed by atoms with Gasteiger partial charge in [0.2, 0.25) is 0 Å². The van der Waals surface area contributed by atoms with Crippen molar-refractivity contribution in [3.63, 3.8) is 0 Å². The van der Waals surface area contributed by atoms with E-state index < -0.39 is 0 Å². The number of aliphatic hydroxyl groups is 1. The van der Waals surface area contributed by atoms with E-state index in [1.54, 1.807) is 6.07 Å². The van der Waals surface area contributed by atoms with E-state index >= 15 is 0 Å². The summed E-state index contributed by atoms with van der Waals surface area (Å²) in [5, 5.41) is 9.96. The zero-order valence-electron chi connectivity index (χ0n) is 11.3. The molecule has 1 aromatic carbocycles. The van der Waals surface area contributed by atoms with Crippen LogP contribution in [0.2, 0.25) is 0 Å². The largest absolute Gasteiger partial charge is 0.393 e. The lowest BCUT2D eigenvalue weighted by atomic mass is 9.88. The Bertz CT molecular complexity index is 366. The summed E-state index contributed by atoms with van der Waals surface area (Å²) in [7, 11) is 0. The smallest absolute Gasteiger partial charge is 0.123 e. The predicted molar refractivity (Wildman–Crippen MR) is 69.5 cm³/mol. The van der Waals surface area contributed by atoms with Gasteiger partial charge in [-0.3, -0.25) is 0 Å². The van der Waals surface area contributed by atoms with Gasteiger partial charge in [-0.2, -0.15) is 0 Å². The first-order valence-corrected chi connectivity index (χ1v) is 6.21. The molecule has 17 heavy (non-hydrogen) atoms. The Morgan fingerprint density at radius 3 is 2.53 bits per heavy atom. The molecule has 0 aliphatic heterocycles. The molecule has 1 rings (SSSR count). The van der Waals surface area contributed by atoms with Crippen LogP contribution in [0, 0.1) is 18.2 Å². The van der Waals surface area contributed by atoms with E-state index in [2.05, 4.69) is 20.8 Å². The average molecular weight is 238 g/mol. The number of benzene rings is 1. The fourth-order valence-electron chi connectivity index (χ4n) is 1.82. The highest BCUT2D eigenvalue weighted by molar-refractivity contribution is 5.27. The van der Waals surface area contributed by atoms with Crippen molar-refractivity contribution in [2.45, 2.75) is 53.1 Å². The van der Waals surface area contributed by atoms with Crippen molar-refractivity contribution in [1.82, 2.24) is 0 Å². The predicted octanol–water partition coefficient (Wildman–Crippen LogP) is 3.86. The van der Waals surface area contributed by atoms with Crippen LogP contribution in [-0.2, 0) is 6.42 Å². The van der Waals surface area contributed by atoms with E-state index in [4.69, 9.17) is 0 Å². The van der Waals surface area contributed by atoms with Crippen molar-refractivity contribution in [2.75, 3.05) is 0 Å². The summed E-state index contributed by atoms with van der Waals surface area (Å²) in [5.74, 6) is -0.228. The minimum atomic E-state index is -0.380. The summed E-state index contributed by atoms with van der Waals surface area (Å²) in [6.45, 7) is 8.43. The molecule has 0 heterocycles. The van der Waals surface area contributed by atoms with Crippen molar-refractivity contribution in [3.8, 4) is 0 Å². The summed E-state index contributed by atoms with van der Waals surface area (Å²) in [6, 6.07) is 4.75. The first-order chi connectivity index (χ1) is 7.78. The minimum Gasteiger partial charge on any atom is -0.393 e. The van der Waals surface area contributed by atoms with E-state index in [1.807, 2.05) is 6.92 Å². The highest BCUT2D eigenvalue weighted by Crippen LogP contribution is 2.23. The number of aryl methyl sites for hydroxylation is 1. The van der Waals surface area contributed by atoms with Gasteiger partial charge in [0, 0.05) is 0 Å². The Morgan fingerprint density at radius 2 is 1.94 bits per heavy atom. The zero-order valence-corrected chi connectivity index (χ0v) is 11.3. The van der Waals surface area contributed by atoms with Gasteiger partial charge in [-0.15, -0.1) is 0 Å². The van der Waals surface area contributed by atoms with Crippen molar-refractivity contribution in [1.29, 1.82) is 0 Å². The third kappa shape index (κ3) is 5.31. The molecule has 0 radical (unpaired) electrons. The van der Waals surface area contributed by atoms with E-state index in [0.717, 1.165) is 24.0 Å². The Morgan fingerprint density at radius 1 is 1.29 bits per heavy atom. The molecule has 0 bridgehead atoms. The lowest BCUT2D eigenvalue weighted by Gasteiger charge is -2.20. The van der Waals surface area contributed by atoms with E-state index in [-0.39, 0.29) is 17.3 Å². The maximum Gasteiger partial charge on any atom is 0.123 e. The number of hydrogen-bond donors (Lipinski definition) is 1. The van der Waals surface area contributed by atoms with Gasteiger partial charge in [0.1, 0.15) is 5.82 Å². The second kappa shape index (κ2) is 5.63. The lowest BCUT2D eigenvalue weighted by molar-refractivity contribution is 0.145. The fraction of sp³-hybridized carbons (Fsp3) is 0.600. The summed E-state index contributed by atoms with van der Waals surface area (Å²) in [4.78, 5) is 0. The van der Waals surface area contributed by atoms with Gasteiger partial charge in [0.15, 0.2) is 0 Å². The average Bonchev–Trinajstić information content (AvgIpc) is 2.20. The molecule has 2 heteroatoms. The highest BCUT2D eigenvalue weighted by atomic mass is 19.1. The molecule has 1 unspecified atom stereocenters. The maximum absolute atomic E-state index is 13.1. The SMILES string of the molecule is Cc1ccc(F)cc1CC(O)CCC(C)(C)C. The van der Waals surface area contributed by atoms with Crippen molar-refractivity contribution < 1.29 is 9.50 Å². The second-order valence-corrected chi connectivity index (χ2v) is 6.03. The molecule has 96 valence electrons. The Kier molecular flexibility index (Phi) is 4.70. The van der Waals surface area contributed by atoms with E-state index in [1.165, 1.54) is 12.1 Å². The Hall–Kier alpha value is -0.890. The maximum atomic E-state index is 13.1. The molecule has 0 amide bonds. The van der Waals surface area contributed by atoms with Crippen LogP contribution in [0.4, 0.5) is 4.39 Å². The van der Waals surface area contributed by atoms with Gasteiger partial charge in [-0.25, -0.2) is 4.39 Å². The van der Waals surface area contributed by atoms with Crippen LogP contribution in [0.25, 0.3) is 0 Å². The summed E-state index contributed by atoms with van der Waals surface area (Å²) in [6.07, 6.45) is 1.90. The molecule has 1 N–H and O–H groups in total. The van der Waals surface area contributed by atoms with Crippen molar-refractivity contribution in [3.05, 3.63) is 35.1 Å². The van der Waals surface area contributed by atoms with Crippen LogP contribution < -0.4 is 0 Å². The van der Waals surface area contributed by atoms with Gasteiger partial charge in [-0.05, 0) is 54.9 Å². The van der Waals surface area contributed by atoms with E-state index in [9.17, 15) is 9.50 Å². The lowest BCUT2D eigenvalue weighted by Crippen LogP contribution is -2.15. The second-order valence-electron chi connectivity index (χ2n) is 6.03. The van der Waals surface area contributed by atoms with Gasteiger partial charge in [0.05, 0.1) is 6.10 Å². The summed E-state index contributed by atoms with van der Waals surface area (Å²) >= 11 is 0. The number of hydrogen-bond acceptors (Lipinski definition) is 1. The third-order valence-electron chi connectivity index (χ3n) is 2.99. The fourth-order valence-corrected chi connectivity index (χ4v) is 1.82. The first-order valence-electron chi connectivity index (χ1n) is 6.21. The molecule has 1 atom stereocenters. The molecular weight excluding hydrogens is 215 g/mol. The van der Waals surface area contributed by atoms with Gasteiger partial charge in [-0.1, -0.05) is 26.8 Å². The third-order valence-corrected chi connectivity index (χ3v) is 2.99. The molecule has 0 spiro atoms. The van der Waals surface area contributed by atoms with Gasteiger partial charge in [0.25, 0.3) is 0 Å². The number of halogens is 1.